The Bertz CT molecular complexity index is 570. The summed E-state index contributed by atoms with van der Waals surface area (Å²) >= 11 is 0. The fourth-order valence-corrected chi connectivity index (χ4v) is 2.18. The summed E-state index contributed by atoms with van der Waals surface area (Å²) in [5, 5.41) is 0. The van der Waals surface area contributed by atoms with E-state index in [2.05, 4.69) is 60.2 Å². The molecule has 2 heteroatoms. The lowest BCUT2D eigenvalue weighted by atomic mass is 10.00. The highest BCUT2D eigenvalue weighted by Gasteiger charge is 2.03. The van der Waals surface area contributed by atoms with Gasteiger partial charge >= 0.3 is 5.97 Å². The first kappa shape index (κ1) is 14.3. The number of hydrogen-bond donors (Lipinski definition) is 0. The van der Waals surface area contributed by atoms with E-state index in [1.54, 1.807) is 0 Å². The summed E-state index contributed by atoms with van der Waals surface area (Å²) in [6.45, 7) is 2.16. The van der Waals surface area contributed by atoms with Crippen molar-refractivity contribution in [3.05, 3.63) is 59.7 Å². The summed E-state index contributed by atoms with van der Waals surface area (Å²) in [4.78, 5) is 11.1. The number of carbonyl (C=O) groups excluding carboxylic acids is 1. The van der Waals surface area contributed by atoms with Gasteiger partial charge in [0.05, 0.1) is 7.11 Å². The summed E-state index contributed by atoms with van der Waals surface area (Å²) in [6, 6.07) is 17.0. The van der Waals surface area contributed by atoms with Crippen LogP contribution in [-0.2, 0) is 22.4 Å². The van der Waals surface area contributed by atoms with E-state index in [1.807, 2.05) is 0 Å². The summed E-state index contributed by atoms with van der Waals surface area (Å²) in [5.74, 6) is -0.162. The largest absolute Gasteiger partial charge is 0.469 e. The minimum atomic E-state index is -0.162. The molecule has 0 atom stereocenters. The Hall–Kier alpha value is -2.09. The van der Waals surface area contributed by atoms with Crippen LogP contribution in [-0.4, -0.2) is 13.1 Å². The van der Waals surface area contributed by atoms with E-state index in [-0.39, 0.29) is 5.97 Å². The second-order valence-corrected chi connectivity index (χ2v) is 4.83. The fourth-order valence-electron chi connectivity index (χ4n) is 2.18. The molecule has 20 heavy (non-hydrogen) atoms. The van der Waals surface area contributed by atoms with E-state index in [9.17, 15) is 4.79 Å². The number of carbonyl (C=O) groups is 1. The Kier molecular flexibility index (Phi) is 4.94. The summed E-state index contributed by atoms with van der Waals surface area (Å²) in [5.41, 5.74) is 4.95. The maximum atomic E-state index is 11.1. The number of ether oxygens (including phenoxy) is 1. The van der Waals surface area contributed by atoms with E-state index in [0.29, 0.717) is 6.42 Å². The van der Waals surface area contributed by atoms with Gasteiger partial charge in [-0.2, -0.15) is 0 Å². The van der Waals surface area contributed by atoms with Gasteiger partial charge in [-0.3, -0.25) is 4.79 Å². The van der Waals surface area contributed by atoms with Gasteiger partial charge in [-0.25, -0.2) is 0 Å². The topological polar surface area (TPSA) is 26.3 Å². The zero-order chi connectivity index (χ0) is 14.4. The van der Waals surface area contributed by atoms with Crippen molar-refractivity contribution in [2.24, 2.45) is 0 Å². The van der Waals surface area contributed by atoms with Crippen LogP contribution in [0.5, 0.6) is 0 Å². The van der Waals surface area contributed by atoms with Gasteiger partial charge in [0.2, 0.25) is 0 Å². The van der Waals surface area contributed by atoms with E-state index < -0.39 is 0 Å². The van der Waals surface area contributed by atoms with Gasteiger partial charge in [-0.15, -0.1) is 0 Å². The van der Waals surface area contributed by atoms with Gasteiger partial charge in [0.25, 0.3) is 0 Å². The molecule has 0 aliphatic carbocycles. The van der Waals surface area contributed by atoms with E-state index >= 15 is 0 Å². The molecular formula is C18H20O2. The SMILES string of the molecule is CCc1cccc(-c2ccc(CCC(=O)OC)cc2)c1. The van der Waals surface area contributed by atoms with Gasteiger partial charge in [0.1, 0.15) is 0 Å². The van der Waals surface area contributed by atoms with Crippen LogP contribution in [0.3, 0.4) is 0 Å². The highest BCUT2D eigenvalue weighted by molar-refractivity contribution is 5.69. The molecule has 0 saturated heterocycles. The molecule has 0 spiro atoms. The van der Waals surface area contributed by atoms with Crippen LogP contribution >= 0.6 is 0 Å². The molecule has 0 N–H and O–H groups in total. The van der Waals surface area contributed by atoms with Crippen molar-refractivity contribution in [2.75, 3.05) is 7.11 Å². The first-order valence-corrected chi connectivity index (χ1v) is 6.98. The lowest BCUT2D eigenvalue weighted by Gasteiger charge is -2.06. The summed E-state index contributed by atoms with van der Waals surface area (Å²) in [7, 11) is 1.42. The van der Waals surface area contributed by atoms with Crippen molar-refractivity contribution in [1.82, 2.24) is 0 Å². The predicted octanol–water partition coefficient (Wildman–Crippen LogP) is 4.02. The minimum Gasteiger partial charge on any atom is -0.469 e. The van der Waals surface area contributed by atoms with Crippen molar-refractivity contribution < 1.29 is 9.53 Å². The van der Waals surface area contributed by atoms with Crippen molar-refractivity contribution >= 4 is 5.97 Å². The summed E-state index contributed by atoms with van der Waals surface area (Å²) in [6.07, 6.45) is 2.20. The molecule has 0 aromatic heterocycles. The Morgan fingerprint density at radius 3 is 2.40 bits per heavy atom. The van der Waals surface area contributed by atoms with E-state index in [0.717, 1.165) is 18.4 Å². The Balaban J connectivity index is 2.09. The lowest BCUT2D eigenvalue weighted by molar-refractivity contribution is -0.140. The predicted molar refractivity (Wildman–Crippen MR) is 81.6 cm³/mol. The van der Waals surface area contributed by atoms with Crippen LogP contribution in [0.1, 0.15) is 24.5 Å². The first-order chi connectivity index (χ1) is 9.72. The van der Waals surface area contributed by atoms with Crippen molar-refractivity contribution in [2.45, 2.75) is 26.2 Å². The third-order valence-corrected chi connectivity index (χ3v) is 3.47. The molecule has 0 radical (unpaired) electrons. The van der Waals surface area contributed by atoms with Gasteiger partial charge in [-0.1, -0.05) is 55.5 Å². The molecule has 0 heterocycles. The molecule has 2 aromatic rings. The average molecular weight is 268 g/mol. The van der Waals surface area contributed by atoms with Crippen LogP contribution in [0, 0.1) is 0 Å². The molecule has 0 amide bonds. The standard InChI is InChI=1S/C18H20O2/c1-3-14-5-4-6-17(13-14)16-10-7-15(8-11-16)9-12-18(19)20-2/h4-8,10-11,13H,3,9,12H2,1-2H3. The molecule has 0 unspecified atom stereocenters. The van der Waals surface area contributed by atoms with Crippen molar-refractivity contribution in [3.63, 3.8) is 0 Å². The average Bonchev–Trinajstić information content (AvgIpc) is 2.53. The fraction of sp³-hybridized carbons (Fsp3) is 0.278. The number of rotatable bonds is 5. The van der Waals surface area contributed by atoms with E-state index in [1.165, 1.54) is 23.8 Å². The van der Waals surface area contributed by atoms with Crippen LogP contribution in [0.4, 0.5) is 0 Å². The monoisotopic (exact) mass is 268 g/mol. The second-order valence-electron chi connectivity index (χ2n) is 4.83. The van der Waals surface area contributed by atoms with Gasteiger partial charge < -0.3 is 4.74 Å². The third-order valence-electron chi connectivity index (χ3n) is 3.47. The maximum Gasteiger partial charge on any atom is 0.305 e. The van der Waals surface area contributed by atoms with Gasteiger partial charge in [0.15, 0.2) is 0 Å². The van der Waals surface area contributed by atoms with Gasteiger partial charge in [0, 0.05) is 6.42 Å². The lowest BCUT2D eigenvalue weighted by Crippen LogP contribution is -2.01. The molecule has 0 saturated carbocycles. The van der Waals surface area contributed by atoms with Crippen LogP contribution < -0.4 is 0 Å². The van der Waals surface area contributed by atoms with Gasteiger partial charge in [-0.05, 0) is 35.1 Å². The molecule has 2 nitrogen and oxygen atoms in total. The first-order valence-electron chi connectivity index (χ1n) is 6.98. The Morgan fingerprint density at radius 2 is 1.75 bits per heavy atom. The molecular weight excluding hydrogens is 248 g/mol. The zero-order valence-electron chi connectivity index (χ0n) is 12.1. The maximum absolute atomic E-state index is 11.1. The minimum absolute atomic E-state index is 0.162. The van der Waals surface area contributed by atoms with E-state index in [4.69, 9.17) is 0 Å². The number of benzene rings is 2. The quantitative estimate of drug-likeness (QED) is 0.765. The van der Waals surface area contributed by atoms with Crippen LogP contribution in [0.2, 0.25) is 0 Å². The molecule has 0 bridgehead atoms. The molecule has 104 valence electrons. The van der Waals surface area contributed by atoms with Crippen molar-refractivity contribution in [1.29, 1.82) is 0 Å². The Labute approximate surface area is 120 Å². The molecule has 2 aromatic carbocycles. The number of methoxy groups -OCH3 is 1. The molecule has 0 fully saturated rings. The third kappa shape index (κ3) is 3.70. The number of esters is 1. The highest BCUT2D eigenvalue weighted by atomic mass is 16.5. The normalized spacial score (nSPS) is 10.3. The summed E-state index contributed by atoms with van der Waals surface area (Å²) < 4.78 is 4.65. The van der Waals surface area contributed by atoms with Crippen LogP contribution in [0.25, 0.3) is 11.1 Å². The van der Waals surface area contributed by atoms with Crippen LogP contribution in [0.15, 0.2) is 48.5 Å². The highest BCUT2D eigenvalue weighted by Crippen LogP contribution is 2.21. The number of hydrogen-bond acceptors (Lipinski definition) is 2. The molecule has 0 aliphatic heterocycles. The smallest absolute Gasteiger partial charge is 0.305 e. The van der Waals surface area contributed by atoms with Crippen molar-refractivity contribution in [3.8, 4) is 11.1 Å². The Morgan fingerprint density at radius 1 is 1.00 bits per heavy atom. The molecule has 0 aliphatic rings. The molecule has 2 rings (SSSR count). The second kappa shape index (κ2) is 6.90. The zero-order valence-corrected chi connectivity index (χ0v) is 12.1. The number of aryl methyl sites for hydroxylation is 2.